The number of anilines is 1. The second-order valence-corrected chi connectivity index (χ2v) is 7.42. The molecule has 1 aromatic carbocycles. The number of carbonyl (C=O) groups excluding carboxylic acids is 1. The lowest BCUT2D eigenvalue weighted by Gasteiger charge is -2.44. The van der Waals surface area contributed by atoms with Gasteiger partial charge in [-0.1, -0.05) is 11.6 Å². The van der Waals surface area contributed by atoms with Crippen molar-refractivity contribution in [1.82, 2.24) is 4.98 Å². The summed E-state index contributed by atoms with van der Waals surface area (Å²) < 4.78 is 20.4. The summed E-state index contributed by atoms with van der Waals surface area (Å²) in [5, 5.41) is 3.14. The molecule has 0 saturated heterocycles. The number of nitrogens with one attached hydrogen (secondary N) is 1. The molecule has 27 heavy (non-hydrogen) atoms. The molecule has 0 unspecified atom stereocenters. The van der Waals surface area contributed by atoms with Gasteiger partial charge in [0.1, 0.15) is 29.5 Å². The number of nitrogens with zero attached hydrogens (tertiary/aromatic N) is 2. The number of hydrogen-bond donors (Lipinski definition) is 2. The highest BCUT2D eigenvalue weighted by molar-refractivity contribution is 6.30. The molecule has 3 rings (SSSR count). The SMILES string of the molecule is CC1(C)OCC(N)=N[C@]1(C)c1cc(NC(=O)c2ccc(Cl)cn2)ccc1F. The van der Waals surface area contributed by atoms with Gasteiger partial charge in [-0.2, -0.15) is 0 Å². The Kier molecular flexibility index (Phi) is 4.92. The van der Waals surface area contributed by atoms with E-state index in [-0.39, 0.29) is 23.7 Å². The first-order valence-electron chi connectivity index (χ1n) is 8.33. The maximum Gasteiger partial charge on any atom is 0.274 e. The van der Waals surface area contributed by atoms with Crippen molar-refractivity contribution in [2.75, 3.05) is 11.9 Å². The summed E-state index contributed by atoms with van der Waals surface area (Å²) in [5.74, 6) is -0.609. The Balaban J connectivity index is 1.96. The molecule has 0 aliphatic carbocycles. The van der Waals surface area contributed by atoms with Gasteiger partial charge in [-0.15, -0.1) is 0 Å². The van der Waals surface area contributed by atoms with E-state index in [4.69, 9.17) is 22.1 Å². The van der Waals surface area contributed by atoms with Gasteiger partial charge in [0.15, 0.2) is 0 Å². The monoisotopic (exact) mass is 390 g/mol. The van der Waals surface area contributed by atoms with E-state index in [1.54, 1.807) is 13.0 Å². The Morgan fingerprint density at radius 2 is 2.04 bits per heavy atom. The van der Waals surface area contributed by atoms with Crippen LogP contribution in [0.4, 0.5) is 10.1 Å². The van der Waals surface area contributed by atoms with Crippen LogP contribution in [0.25, 0.3) is 0 Å². The van der Waals surface area contributed by atoms with Crippen molar-refractivity contribution in [1.29, 1.82) is 0 Å². The standard InChI is InChI=1S/C19H20ClFN4O2/c1-18(2)19(3,25-16(22)10-27-18)13-8-12(5-6-14(13)21)24-17(26)15-7-4-11(20)9-23-15/h4-9H,10H2,1-3H3,(H2,22,25)(H,24,26)/t19-/m1/s1. The zero-order valence-corrected chi connectivity index (χ0v) is 16.0. The number of nitrogens with two attached hydrogens (primary N) is 1. The van der Waals surface area contributed by atoms with E-state index in [1.165, 1.54) is 30.5 Å². The summed E-state index contributed by atoms with van der Waals surface area (Å²) in [6.07, 6.45) is 1.38. The molecule has 0 radical (unpaired) electrons. The first-order valence-corrected chi connectivity index (χ1v) is 8.71. The molecular weight excluding hydrogens is 371 g/mol. The molecule has 1 aliphatic rings. The van der Waals surface area contributed by atoms with Crippen molar-refractivity contribution in [2.45, 2.75) is 31.9 Å². The van der Waals surface area contributed by atoms with Gasteiger partial charge in [-0.3, -0.25) is 9.79 Å². The van der Waals surface area contributed by atoms with Gasteiger partial charge in [0.2, 0.25) is 0 Å². The summed E-state index contributed by atoms with van der Waals surface area (Å²) in [5.41, 5.74) is 4.86. The third kappa shape index (κ3) is 3.65. The molecule has 1 aromatic heterocycles. The highest BCUT2D eigenvalue weighted by Gasteiger charge is 2.47. The molecule has 0 fully saturated rings. The zero-order valence-electron chi connectivity index (χ0n) is 15.2. The summed E-state index contributed by atoms with van der Waals surface area (Å²) in [6, 6.07) is 7.37. The molecule has 142 valence electrons. The smallest absolute Gasteiger partial charge is 0.274 e. The van der Waals surface area contributed by atoms with Crippen molar-refractivity contribution >= 4 is 29.0 Å². The maximum atomic E-state index is 14.7. The fraction of sp³-hybridized carbons (Fsp3) is 0.316. The van der Waals surface area contributed by atoms with Gasteiger partial charge in [0.25, 0.3) is 5.91 Å². The van der Waals surface area contributed by atoms with Crippen LogP contribution in [0.1, 0.15) is 36.8 Å². The summed E-state index contributed by atoms with van der Waals surface area (Å²) >= 11 is 5.78. The Hall–Kier alpha value is -2.51. The quantitative estimate of drug-likeness (QED) is 0.839. The molecule has 2 heterocycles. The second kappa shape index (κ2) is 6.90. The predicted octanol–water partition coefficient (Wildman–Crippen LogP) is 3.51. The average molecular weight is 391 g/mol. The van der Waals surface area contributed by atoms with E-state index in [1.807, 2.05) is 13.8 Å². The number of hydrogen-bond acceptors (Lipinski definition) is 5. The molecule has 1 amide bonds. The van der Waals surface area contributed by atoms with E-state index in [0.29, 0.717) is 10.7 Å². The zero-order chi connectivity index (χ0) is 19.8. The van der Waals surface area contributed by atoms with Crippen molar-refractivity contribution < 1.29 is 13.9 Å². The van der Waals surface area contributed by atoms with Crippen LogP contribution in [0.3, 0.4) is 0 Å². The minimum atomic E-state index is -1.06. The van der Waals surface area contributed by atoms with Gasteiger partial charge in [0.05, 0.1) is 10.6 Å². The van der Waals surface area contributed by atoms with Crippen LogP contribution < -0.4 is 11.1 Å². The lowest BCUT2D eigenvalue weighted by atomic mass is 9.77. The summed E-state index contributed by atoms with van der Waals surface area (Å²) in [7, 11) is 0. The van der Waals surface area contributed by atoms with Crippen LogP contribution in [-0.4, -0.2) is 28.9 Å². The van der Waals surface area contributed by atoms with Crippen molar-refractivity contribution in [3.8, 4) is 0 Å². The fourth-order valence-corrected chi connectivity index (χ4v) is 3.03. The van der Waals surface area contributed by atoms with Crippen molar-refractivity contribution in [3.05, 3.63) is 58.6 Å². The van der Waals surface area contributed by atoms with Gasteiger partial charge in [-0.05, 0) is 51.1 Å². The first kappa shape index (κ1) is 19.3. The topological polar surface area (TPSA) is 89.6 Å². The number of amidine groups is 1. The van der Waals surface area contributed by atoms with E-state index < -0.39 is 22.9 Å². The first-order chi connectivity index (χ1) is 12.6. The van der Waals surface area contributed by atoms with Crippen LogP contribution in [-0.2, 0) is 10.3 Å². The number of rotatable bonds is 3. The molecule has 3 N–H and O–H groups in total. The number of benzene rings is 1. The third-order valence-corrected chi connectivity index (χ3v) is 5.05. The number of halogens is 2. The minimum absolute atomic E-state index is 0.183. The lowest BCUT2D eigenvalue weighted by molar-refractivity contribution is -0.0637. The number of carbonyl (C=O) groups is 1. The summed E-state index contributed by atoms with van der Waals surface area (Å²) in [6.45, 7) is 5.59. The summed E-state index contributed by atoms with van der Waals surface area (Å²) in [4.78, 5) is 20.8. The number of ether oxygens (including phenoxy) is 1. The Morgan fingerprint density at radius 1 is 1.30 bits per heavy atom. The Morgan fingerprint density at radius 3 is 2.70 bits per heavy atom. The molecule has 6 nitrogen and oxygen atoms in total. The lowest BCUT2D eigenvalue weighted by Crippen LogP contribution is -2.52. The molecular formula is C19H20ClFN4O2. The molecule has 0 saturated carbocycles. The van der Waals surface area contributed by atoms with Crippen molar-refractivity contribution in [3.63, 3.8) is 0 Å². The van der Waals surface area contributed by atoms with Gasteiger partial charge < -0.3 is 15.8 Å². The predicted molar refractivity (Wildman–Crippen MR) is 103 cm³/mol. The number of aromatic nitrogens is 1. The highest BCUT2D eigenvalue weighted by Crippen LogP contribution is 2.43. The molecule has 0 bridgehead atoms. The Bertz CT molecular complexity index is 914. The Labute approximate surface area is 161 Å². The van der Waals surface area contributed by atoms with Crippen LogP contribution in [0.15, 0.2) is 41.5 Å². The average Bonchev–Trinajstić information content (AvgIpc) is 2.61. The van der Waals surface area contributed by atoms with Crippen molar-refractivity contribution in [2.24, 2.45) is 10.7 Å². The van der Waals surface area contributed by atoms with Crippen LogP contribution >= 0.6 is 11.6 Å². The molecule has 8 heteroatoms. The van der Waals surface area contributed by atoms with Gasteiger partial charge in [0, 0.05) is 17.4 Å². The van der Waals surface area contributed by atoms with E-state index in [9.17, 15) is 9.18 Å². The van der Waals surface area contributed by atoms with Gasteiger partial charge in [-0.25, -0.2) is 9.37 Å². The van der Waals surface area contributed by atoms with Crippen LogP contribution in [0.2, 0.25) is 5.02 Å². The third-order valence-electron chi connectivity index (χ3n) is 4.83. The second-order valence-electron chi connectivity index (χ2n) is 6.98. The number of amides is 1. The number of pyridine rings is 1. The van der Waals surface area contributed by atoms with Crippen LogP contribution in [0, 0.1) is 5.82 Å². The molecule has 2 aromatic rings. The van der Waals surface area contributed by atoms with Gasteiger partial charge >= 0.3 is 0 Å². The fourth-order valence-electron chi connectivity index (χ4n) is 2.91. The van der Waals surface area contributed by atoms with Crippen LogP contribution in [0.5, 0.6) is 0 Å². The molecule has 1 aliphatic heterocycles. The normalized spacial score (nSPS) is 21.4. The molecule has 0 spiro atoms. The number of aliphatic imine (C=N–C) groups is 1. The largest absolute Gasteiger partial charge is 0.386 e. The van der Waals surface area contributed by atoms with E-state index in [2.05, 4.69) is 15.3 Å². The minimum Gasteiger partial charge on any atom is -0.386 e. The highest BCUT2D eigenvalue weighted by atomic mass is 35.5. The molecule has 1 atom stereocenters. The maximum absolute atomic E-state index is 14.7. The van der Waals surface area contributed by atoms with E-state index in [0.717, 1.165) is 0 Å². The van der Waals surface area contributed by atoms with E-state index >= 15 is 0 Å².